The zero-order valence-corrected chi connectivity index (χ0v) is 10.9. The van der Waals surface area contributed by atoms with E-state index in [0.29, 0.717) is 0 Å². The second-order valence-electron chi connectivity index (χ2n) is 3.09. The zero-order chi connectivity index (χ0) is 9.97. The molecule has 2 N–H and O–H groups in total. The van der Waals surface area contributed by atoms with E-state index < -0.39 is 0 Å². The molecule has 0 atom stereocenters. The van der Waals surface area contributed by atoms with Crippen LogP contribution in [-0.4, -0.2) is 10.2 Å². The number of hydrogen-bond donors (Lipinski definition) is 2. The van der Waals surface area contributed by atoms with Gasteiger partial charge >= 0.3 is 0 Å². The predicted molar refractivity (Wildman–Crippen MR) is 55.2 cm³/mol. The Balaban J connectivity index is 0.00000112. The van der Waals surface area contributed by atoms with E-state index in [4.69, 9.17) is 10.2 Å². The first-order valence-corrected chi connectivity index (χ1v) is 4.34. The molecule has 0 saturated heterocycles. The molecule has 0 saturated carbocycles. The maximum atomic E-state index is 9.11. The van der Waals surface area contributed by atoms with Gasteiger partial charge in [-0.3, -0.25) is 0 Å². The molecule has 0 aromatic heterocycles. The molecule has 0 amide bonds. The van der Waals surface area contributed by atoms with Crippen LogP contribution in [0.15, 0.2) is 48.5 Å². The molecule has 0 bridgehead atoms. The normalized spacial score (nSPS) is 9.33. The zero-order valence-electron chi connectivity index (χ0n) is 7.92. The van der Waals surface area contributed by atoms with Gasteiger partial charge in [-0.25, -0.2) is 0 Å². The summed E-state index contributed by atoms with van der Waals surface area (Å²) in [4.78, 5) is 0. The monoisotopic (exact) mass is 370 g/mol. The van der Waals surface area contributed by atoms with Crippen LogP contribution >= 0.6 is 0 Å². The van der Waals surface area contributed by atoms with E-state index in [2.05, 4.69) is 0 Å². The smallest absolute Gasteiger partial charge is 0.115 e. The standard InChI is InChI=1S/C12H10O2.W/c13-11-5-1-9(2-6-11)10-3-7-12(14)8-4-10;/h1-8,13-14H;. The molecule has 0 fully saturated rings. The van der Waals surface area contributed by atoms with Crippen LogP contribution in [-0.2, 0) is 21.1 Å². The van der Waals surface area contributed by atoms with Crippen LogP contribution < -0.4 is 0 Å². The first kappa shape index (κ1) is 11.8. The molecule has 15 heavy (non-hydrogen) atoms. The van der Waals surface area contributed by atoms with Crippen molar-refractivity contribution < 1.29 is 31.3 Å². The third-order valence-corrected chi connectivity index (χ3v) is 2.07. The van der Waals surface area contributed by atoms with Crippen molar-refractivity contribution in [3.05, 3.63) is 48.5 Å². The van der Waals surface area contributed by atoms with Crippen molar-refractivity contribution >= 4 is 0 Å². The van der Waals surface area contributed by atoms with Crippen LogP contribution in [0.1, 0.15) is 0 Å². The number of phenolic OH excluding ortho intramolecular Hbond substituents is 2. The van der Waals surface area contributed by atoms with E-state index in [0.717, 1.165) is 11.1 Å². The predicted octanol–water partition coefficient (Wildman–Crippen LogP) is 2.76. The van der Waals surface area contributed by atoms with Crippen molar-refractivity contribution in [2.24, 2.45) is 0 Å². The molecule has 2 rings (SSSR count). The maximum absolute atomic E-state index is 9.11. The van der Waals surface area contributed by atoms with E-state index in [9.17, 15) is 0 Å². The Morgan fingerprint density at radius 1 is 0.533 bits per heavy atom. The number of phenols is 2. The second kappa shape index (κ2) is 4.99. The van der Waals surface area contributed by atoms with Crippen LogP contribution in [0.2, 0.25) is 0 Å². The molecule has 0 radical (unpaired) electrons. The van der Waals surface area contributed by atoms with Crippen molar-refractivity contribution in [3.8, 4) is 22.6 Å². The van der Waals surface area contributed by atoms with Gasteiger partial charge in [0.2, 0.25) is 0 Å². The van der Waals surface area contributed by atoms with Crippen LogP contribution in [0, 0.1) is 0 Å². The Kier molecular flexibility index (Phi) is 3.93. The summed E-state index contributed by atoms with van der Waals surface area (Å²) in [6, 6.07) is 13.9. The number of aromatic hydroxyl groups is 2. The summed E-state index contributed by atoms with van der Waals surface area (Å²) in [5, 5.41) is 18.2. The topological polar surface area (TPSA) is 40.5 Å². The average Bonchev–Trinajstić information content (AvgIpc) is 2.21. The quantitative estimate of drug-likeness (QED) is 0.811. The summed E-state index contributed by atoms with van der Waals surface area (Å²) in [5.41, 5.74) is 2.03. The first-order chi connectivity index (χ1) is 6.75. The Bertz CT molecular complexity index is 377. The molecule has 0 aliphatic carbocycles. The van der Waals surface area contributed by atoms with Crippen molar-refractivity contribution in [2.75, 3.05) is 0 Å². The second-order valence-corrected chi connectivity index (χ2v) is 3.09. The van der Waals surface area contributed by atoms with Gasteiger partial charge in [-0.1, -0.05) is 24.3 Å². The van der Waals surface area contributed by atoms with Gasteiger partial charge in [0.1, 0.15) is 11.5 Å². The molecule has 0 aliphatic rings. The van der Waals surface area contributed by atoms with Crippen LogP contribution in [0.25, 0.3) is 11.1 Å². The fraction of sp³-hybridized carbons (Fsp3) is 0. The Hall–Kier alpha value is -1.27. The van der Waals surface area contributed by atoms with Gasteiger partial charge in [-0.2, -0.15) is 0 Å². The Morgan fingerprint density at radius 3 is 1.07 bits per heavy atom. The molecule has 2 aromatic carbocycles. The molecule has 0 spiro atoms. The van der Waals surface area contributed by atoms with Crippen molar-refractivity contribution in [1.29, 1.82) is 0 Å². The molecular weight excluding hydrogens is 360 g/mol. The molecule has 3 heteroatoms. The summed E-state index contributed by atoms with van der Waals surface area (Å²) in [7, 11) is 0. The van der Waals surface area contributed by atoms with Gasteiger partial charge in [0.15, 0.2) is 0 Å². The third kappa shape index (κ3) is 2.84. The SMILES string of the molecule is Oc1ccc(-c2ccc(O)cc2)cc1.[W]. The van der Waals surface area contributed by atoms with Crippen molar-refractivity contribution in [3.63, 3.8) is 0 Å². The molecule has 2 nitrogen and oxygen atoms in total. The fourth-order valence-electron chi connectivity index (χ4n) is 1.31. The molecule has 0 unspecified atom stereocenters. The van der Waals surface area contributed by atoms with Gasteiger partial charge in [0.05, 0.1) is 0 Å². The largest absolute Gasteiger partial charge is 0.508 e. The Morgan fingerprint density at radius 2 is 0.800 bits per heavy atom. The third-order valence-electron chi connectivity index (χ3n) is 2.07. The van der Waals surface area contributed by atoms with Crippen LogP contribution in [0.5, 0.6) is 11.5 Å². The summed E-state index contributed by atoms with van der Waals surface area (Å²) in [5.74, 6) is 0.514. The molecule has 0 aliphatic heterocycles. The van der Waals surface area contributed by atoms with E-state index in [1.165, 1.54) is 0 Å². The summed E-state index contributed by atoms with van der Waals surface area (Å²) in [6.07, 6.45) is 0. The summed E-state index contributed by atoms with van der Waals surface area (Å²) in [6.45, 7) is 0. The number of benzene rings is 2. The van der Waals surface area contributed by atoms with Gasteiger partial charge < -0.3 is 10.2 Å². The van der Waals surface area contributed by atoms with Crippen LogP contribution in [0.3, 0.4) is 0 Å². The summed E-state index contributed by atoms with van der Waals surface area (Å²) >= 11 is 0. The van der Waals surface area contributed by atoms with E-state index in [1.807, 2.05) is 24.3 Å². The fourth-order valence-corrected chi connectivity index (χ4v) is 1.31. The molecule has 76 valence electrons. The van der Waals surface area contributed by atoms with Crippen molar-refractivity contribution in [1.82, 2.24) is 0 Å². The van der Waals surface area contributed by atoms with Gasteiger partial charge in [0.25, 0.3) is 0 Å². The minimum absolute atomic E-state index is 0. The van der Waals surface area contributed by atoms with Gasteiger partial charge in [-0.05, 0) is 35.4 Å². The number of hydrogen-bond acceptors (Lipinski definition) is 2. The minimum Gasteiger partial charge on any atom is -0.508 e. The average molecular weight is 370 g/mol. The van der Waals surface area contributed by atoms with E-state index in [-0.39, 0.29) is 32.6 Å². The van der Waals surface area contributed by atoms with E-state index >= 15 is 0 Å². The minimum atomic E-state index is 0. The van der Waals surface area contributed by atoms with Crippen LogP contribution in [0.4, 0.5) is 0 Å². The van der Waals surface area contributed by atoms with Crippen molar-refractivity contribution in [2.45, 2.75) is 0 Å². The number of rotatable bonds is 1. The summed E-state index contributed by atoms with van der Waals surface area (Å²) < 4.78 is 0. The molecular formula is C12H10O2W. The molecule has 2 aromatic rings. The Labute approximate surface area is 102 Å². The van der Waals surface area contributed by atoms with Gasteiger partial charge in [0, 0.05) is 21.1 Å². The molecule has 0 heterocycles. The van der Waals surface area contributed by atoms with Gasteiger partial charge in [-0.15, -0.1) is 0 Å². The van der Waals surface area contributed by atoms with E-state index in [1.54, 1.807) is 24.3 Å². The first-order valence-electron chi connectivity index (χ1n) is 4.34. The maximum Gasteiger partial charge on any atom is 0.115 e.